The number of nitrogens with two attached hydrogens (primary N) is 1. The van der Waals surface area contributed by atoms with Gasteiger partial charge < -0.3 is 4.74 Å². The first-order valence-corrected chi connectivity index (χ1v) is 3.77. The zero-order valence-corrected chi connectivity index (χ0v) is 7.32. The van der Waals surface area contributed by atoms with Gasteiger partial charge in [0.1, 0.15) is 0 Å². The van der Waals surface area contributed by atoms with Gasteiger partial charge in [-0.05, 0) is 17.7 Å². The van der Waals surface area contributed by atoms with E-state index in [0.29, 0.717) is 5.56 Å². The lowest BCUT2D eigenvalue weighted by Gasteiger charge is -2.01. The Balaban J connectivity index is 2.85. The molecule has 0 saturated heterocycles. The van der Waals surface area contributed by atoms with Crippen LogP contribution in [0.1, 0.15) is 15.9 Å². The Kier molecular flexibility index (Phi) is 3.42. The molecule has 4 heteroatoms. The lowest BCUT2D eigenvalue weighted by Crippen LogP contribution is -2.03. The Labute approximate surface area is 76.2 Å². The highest BCUT2D eigenvalue weighted by Crippen LogP contribution is 2.06. The molecule has 4 nitrogen and oxygen atoms in total. The number of hydrogen-bond acceptors (Lipinski definition) is 4. The third kappa shape index (κ3) is 2.54. The third-order valence-corrected chi connectivity index (χ3v) is 1.60. The number of rotatable bonds is 3. The van der Waals surface area contributed by atoms with E-state index in [0.717, 1.165) is 5.56 Å². The SMILES string of the molecule is COC(=O)c1cccc(CON)c1. The molecular formula is C9H11NO3. The van der Waals surface area contributed by atoms with Crippen LogP contribution in [0.5, 0.6) is 0 Å². The van der Waals surface area contributed by atoms with Crippen molar-refractivity contribution >= 4 is 5.97 Å². The zero-order chi connectivity index (χ0) is 9.68. The monoisotopic (exact) mass is 181 g/mol. The highest BCUT2D eigenvalue weighted by Gasteiger charge is 2.04. The van der Waals surface area contributed by atoms with E-state index in [2.05, 4.69) is 9.57 Å². The molecule has 70 valence electrons. The molecule has 13 heavy (non-hydrogen) atoms. The first-order valence-electron chi connectivity index (χ1n) is 3.77. The Bertz CT molecular complexity index is 299. The van der Waals surface area contributed by atoms with Crippen molar-refractivity contribution in [1.82, 2.24) is 0 Å². The summed E-state index contributed by atoms with van der Waals surface area (Å²) in [6, 6.07) is 6.92. The fraction of sp³-hybridized carbons (Fsp3) is 0.222. The lowest BCUT2D eigenvalue weighted by atomic mass is 10.1. The molecule has 0 aromatic heterocycles. The summed E-state index contributed by atoms with van der Waals surface area (Å²) >= 11 is 0. The molecule has 0 amide bonds. The first kappa shape index (κ1) is 9.70. The summed E-state index contributed by atoms with van der Waals surface area (Å²) < 4.78 is 4.56. The van der Waals surface area contributed by atoms with E-state index in [4.69, 9.17) is 5.90 Å². The molecule has 0 radical (unpaired) electrons. The van der Waals surface area contributed by atoms with Gasteiger partial charge in [-0.1, -0.05) is 12.1 Å². The number of esters is 1. The summed E-state index contributed by atoms with van der Waals surface area (Å²) in [7, 11) is 1.34. The number of carbonyl (C=O) groups is 1. The van der Waals surface area contributed by atoms with Gasteiger partial charge in [0.05, 0.1) is 19.3 Å². The van der Waals surface area contributed by atoms with E-state index in [9.17, 15) is 4.79 Å². The van der Waals surface area contributed by atoms with Gasteiger partial charge in [-0.25, -0.2) is 10.7 Å². The van der Waals surface area contributed by atoms with Gasteiger partial charge in [0.2, 0.25) is 0 Å². The van der Waals surface area contributed by atoms with E-state index in [1.807, 2.05) is 6.07 Å². The number of methoxy groups -OCH3 is 1. The molecule has 1 aromatic rings. The summed E-state index contributed by atoms with van der Waals surface area (Å²) in [5.41, 5.74) is 1.34. The van der Waals surface area contributed by atoms with E-state index in [-0.39, 0.29) is 12.6 Å². The topological polar surface area (TPSA) is 61.5 Å². The highest BCUT2D eigenvalue weighted by molar-refractivity contribution is 5.89. The highest BCUT2D eigenvalue weighted by atomic mass is 16.6. The first-order chi connectivity index (χ1) is 6.27. The largest absolute Gasteiger partial charge is 0.465 e. The van der Waals surface area contributed by atoms with Gasteiger partial charge in [-0.15, -0.1) is 0 Å². The fourth-order valence-electron chi connectivity index (χ4n) is 1.00. The Morgan fingerprint density at radius 3 is 2.92 bits per heavy atom. The summed E-state index contributed by atoms with van der Waals surface area (Å²) in [6.45, 7) is 0.283. The van der Waals surface area contributed by atoms with Gasteiger partial charge in [0.15, 0.2) is 0 Å². The van der Waals surface area contributed by atoms with Crippen LogP contribution in [0, 0.1) is 0 Å². The van der Waals surface area contributed by atoms with E-state index in [1.165, 1.54) is 7.11 Å². The van der Waals surface area contributed by atoms with Crippen LogP contribution in [0.2, 0.25) is 0 Å². The Hall–Kier alpha value is -1.39. The maximum absolute atomic E-state index is 11.1. The molecule has 1 aromatic carbocycles. The molecule has 0 saturated carbocycles. The molecule has 0 unspecified atom stereocenters. The van der Waals surface area contributed by atoms with Crippen LogP contribution >= 0.6 is 0 Å². The average Bonchev–Trinajstić information content (AvgIpc) is 2.18. The normalized spacial score (nSPS) is 9.69. The van der Waals surface area contributed by atoms with Crippen LogP contribution in [0.25, 0.3) is 0 Å². The number of carbonyl (C=O) groups excluding carboxylic acids is 1. The van der Waals surface area contributed by atoms with Gasteiger partial charge in [0.25, 0.3) is 0 Å². The minimum absolute atomic E-state index is 0.283. The van der Waals surface area contributed by atoms with Crippen LogP contribution < -0.4 is 5.90 Å². The smallest absolute Gasteiger partial charge is 0.337 e. The second kappa shape index (κ2) is 4.59. The van der Waals surface area contributed by atoms with Crippen LogP contribution in [0.4, 0.5) is 0 Å². The molecular weight excluding hydrogens is 170 g/mol. The van der Waals surface area contributed by atoms with Gasteiger partial charge >= 0.3 is 5.97 Å². The molecule has 0 atom stereocenters. The molecule has 0 aliphatic carbocycles. The van der Waals surface area contributed by atoms with Gasteiger partial charge in [-0.2, -0.15) is 0 Å². The molecule has 0 aliphatic heterocycles. The second-order valence-corrected chi connectivity index (χ2v) is 2.50. The zero-order valence-electron chi connectivity index (χ0n) is 7.32. The van der Waals surface area contributed by atoms with Crippen LogP contribution in [0.3, 0.4) is 0 Å². The maximum Gasteiger partial charge on any atom is 0.337 e. The molecule has 0 bridgehead atoms. The summed E-state index contributed by atoms with van der Waals surface area (Å²) in [5.74, 6) is 4.54. The van der Waals surface area contributed by atoms with Gasteiger partial charge in [-0.3, -0.25) is 4.84 Å². The summed E-state index contributed by atoms with van der Waals surface area (Å²) in [6.07, 6.45) is 0. The average molecular weight is 181 g/mol. The minimum atomic E-state index is -0.362. The predicted octanol–water partition coefficient (Wildman–Crippen LogP) is 0.863. The summed E-state index contributed by atoms with van der Waals surface area (Å²) in [4.78, 5) is 15.5. The quantitative estimate of drug-likeness (QED) is 0.555. The summed E-state index contributed by atoms with van der Waals surface area (Å²) in [5, 5.41) is 0. The minimum Gasteiger partial charge on any atom is -0.465 e. The van der Waals surface area contributed by atoms with Crippen molar-refractivity contribution in [1.29, 1.82) is 0 Å². The van der Waals surface area contributed by atoms with Crippen molar-refractivity contribution < 1.29 is 14.4 Å². The van der Waals surface area contributed by atoms with Crippen molar-refractivity contribution in [2.24, 2.45) is 5.90 Å². The van der Waals surface area contributed by atoms with Crippen molar-refractivity contribution in [3.8, 4) is 0 Å². The van der Waals surface area contributed by atoms with Crippen molar-refractivity contribution in [3.05, 3.63) is 35.4 Å². The number of benzene rings is 1. The molecule has 0 aliphatic rings. The maximum atomic E-state index is 11.1. The fourth-order valence-corrected chi connectivity index (χ4v) is 1.00. The van der Waals surface area contributed by atoms with Crippen molar-refractivity contribution in [3.63, 3.8) is 0 Å². The second-order valence-electron chi connectivity index (χ2n) is 2.50. The molecule has 0 heterocycles. The number of hydrogen-bond donors (Lipinski definition) is 1. The molecule has 2 N–H and O–H groups in total. The van der Waals surface area contributed by atoms with Crippen LogP contribution in [-0.2, 0) is 16.2 Å². The Morgan fingerprint density at radius 1 is 1.54 bits per heavy atom. The molecule has 0 fully saturated rings. The molecule has 0 spiro atoms. The van der Waals surface area contributed by atoms with Crippen molar-refractivity contribution in [2.75, 3.05) is 7.11 Å². The van der Waals surface area contributed by atoms with E-state index < -0.39 is 0 Å². The van der Waals surface area contributed by atoms with E-state index in [1.54, 1.807) is 18.2 Å². The predicted molar refractivity (Wildman–Crippen MR) is 46.8 cm³/mol. The number of ether oxygens (including phenoxy) is 1. The van der Waals surface area contributed by atoms with Crippen LogP contribution in [0.15, 0.2) is 24.3 Å². The van der Waals surface area contributed by atoms with Crippen LogP contribution in [-0.4, -0.2) is 13.1 Å². The van der Waals surface area contributed by atoms with E-state index >= 15 is 0 Å². The lowest BCUT2D eigenvalue weighted by molar-refractivity contribution is 0.0600. The van der Waals surface area contributed by atoms with Gasteiger partial charge in [0, 0.05) is 0 Å². The standard InChI is InChI=1S/C9H11NO3/c1-12-9(11)8-4-2-3-7(5-8)6-13-10/h2-5H,6,10H2,1H3. The third-order valence-electron chi connectivity index (χ3n) is 1.60. The Morgan fingerprint density at radius 2 is 2.31 bits per heavy atom. The molecule has 1 rings (SSSR count). The van der Waals surface area contributed by atoms with Crippen molar-refractivity contribution in [2.45, 2.75) is 6.61 Å².